The zero-order valence-corrected chi connectivity index (χ0v) is 30.7. The Morgan fingerprint density at radius 3 is 1.76 bits per heavy atom. The minimum Gasteiger partial charge on any atom is -0.508 e. The van der Waals surface area contributed by atoms with E-state index < -0.39 is 0 Å². The van der Waals surface area contributed by atoms with Crippen LogP contribution >= 0.6 is 0 Å². The van der Waals surface area contributed by atoms with Crippen molar-refractivity contribution >= 4 is 11.8 Å². The molecule has 0 spiro atoms. The molecule has 3 N–H and O–H groups in total. The number of likely N-dealkylation sites (tertiary alicyclic amines) is 2. The largest absolute Gasteiger partial charge is 0.508 e. The summed E-state index contributed by atoms with van der Waals surface area (Å²) in [5.74, 6) is 1.84. The van der Waals surface area contributed by atoms with Crippen LogP contribution in [-0.4, -0.2) is 78.7 Å². The van der Waals surface area contributed by atoms with Crippen LogP contribution in [0.5, 0.6) is 5.75 Å². The number of phenols is 1. The SMILES string of the molecule is CN(C)[C@@H](C(=O)N1CCC[C@H]1c1ncc(-c2ccc(-c3ccc(-c4cnc([C@@H]5CCCN5C(=O)Cc5ccccc5O)[nH]4)cc3)cc2)[nH]1)c1ccccc1. The molecule has 2 amide bonds. The number of hydrogen-bond acceptors (Lipinski definition) is 6. The number of H-pyrrole nitrogens is 2. The molecular weight excluding hydrogens is 675 g/mol. The summed E-state index contributed by atoms with van der Waals surface area (Å²) in [6.45, 7) is 1.39. The monoisotopic (exact) mass is 719 g/mol. The van der Waals surface area contributed by atoms with Crippen molar-refractivity contribution in [2.24, 2.45) is 0 Å². The van der Waals surface area contributed by atoms with Crippen LogP contribution in [-0.2, 0) is 16.0 Å². The fourth-order valence-corrected chi connectivity index (χ4v) is 8.03. The summed E-state index contributed by atoms with van der Waals surface area (Å²) in [5, 5.41) is 10.2. The van der Waals surface area contributed by atoms with Gasteiger partial charge in [0.2, 0.25) is 11.8 Å². The van der Waals surface area contributed by atoms with Gasteiger partial charge in [-0.2, -0.15) is 0 Å². The van der Waals surface area contributed by atoms with Gasteiger partial charge in [0, 0.05) is 18.7 Å². The van der Waals surface area contributed by atoms with Crippen molar-refractivity contribution in [2.45, 2.75) is 50.2 Å². The molecule has 4 aromatic carbocycles. The van der Waals surface area contributed by atoms with Crippen molar-refractivity contribution in [2.75, 3.05) is 27.2 Å². The van der Waals surface area contributed by atoms with Crippen molar-refractivity contribution in [1.29, 1.82) is 0 Å². The second kappa shape index (κ2) is 15.2. The second-order valence-electron chi connectivity index (χ2n) is 14.5. The van der Waals surface area contributed by atoms with Crippen LogP contribution in [0, 0.1) is 0 Å². The predicted molar refractivity (Wildman–Crippen MR) is 209 cm³/mol. The van der Waals surface area contributed by atoms with Crippen LogP contribution in [0.4, 0.5) is 0 Å². The number of benzene rings is 4. The van der Waals surface area contributed by atoms with Gasteiger partial charge in [-0.25, -0.2) is 9.97 Å². The van der Waals surface area contributed by atoms with E-state index in [0.717, 1.165) is 76.5 Å². The van der Waals surface area contributed by atoms with Gasteiger partial charge in [0.15, 0.2) is 0 Å². The number of nitrogens with one attached hydrogen (secondary N) is 2. The molecule has 2 fully saturated rings. The molecule has 2 aliphatic rings. The highest BCUT2D eigenvalue weighted by Crippen LogP contribution is 2.36. The van der Waals surface area contributed by atoms with E-state index in [1.165, 1.54) is 0 Å². The number of para-hydroxylation sites is 1. The number of imidazole rings is 2. The van der Waals surface area contributed by atoms with Gasteiger partial charge in [-0.3, -0.25) is 14.5 Å². The molecular formula is C44H45N7O3. The number of likely N-dealkylation sites (N-methyl/N-ethyl adjacent to an activating group) is 1. The maximum atomic E-state index is 13.9. The van der Waals surface area contributed by atoms with Gasteiger partial charge in [0.25, 0.3) is 0 Å². The number of carbonyl (C=O) groups is 2. The Kier molecular flexibility index (Phi) is 9.84. The van der Waals surface area contributed by atoms with Crippen LogP contribution in [0.15, 0.2) is 116 Å². The lowest BCUT2D eigenvalue weighted by Gasteiger charge is -2.31. The van der Waals surface area contributed by atoms with Gasteiger partial charge in [-0.05, 0) is 73.7 Å². The Morgan fingerprint density at radius 1 is 0.704 bits per heavy atom. The first-order valence-electron chi connectivity index (χ1n) is 18.7. The average molecular weight is 720 g/mol. The standard InChI is InChI=1S/C44H45N7O3/c1-49(2)41(33-10-4-3-5-11-33)44(54)51-25-9-14-38(51)43-46-28-36(48-43)32-22-18-30(19-23-32)29-16-20-31(21-17-29)35-27-45-42(47-35)37-13-8-24-50(37)40(53)26-34-12-6-7-15-39(34)52/h3-7,10-12,15-23,27-28,37-38,41,52H,8-9,13-14,24-26H2,1-2H3,(H,45,47)(H,46,48)/t37-,38-,41+/m0/s1. The van der Waals surface area contributed by atoms with Gasteiger partial charge in [0.1, 0.15) is 23.4 Å². The van der Waals surface area contributed by atoms with Crippen molar-refractivity contribution in [3.8, 4) is 39.4 Å². The topological polar surface area (TPSA) is 121 Å². The van der Waals surface area contributed by atoms with E-state index in [2.05, 4.69) is 63.5 Å². The number of carbonyl (C=O) groups excluding carboxylic acids is 2. The molecule has 2 aliphatic heterocycles. The number of nitrogens with zero attached hydrogens (tertiary/aromatic N) is 5. The quantitative estimate of drug-likeness (QED) is 0.133. The normalized spacial score (nSPS) is 17.7. The third kappa shape index (κ3) is 7.04. The van der Waals surface area contributed by atoms with Crippen molar-refractivity contribution in [3.05, 3.63) is 138 Å². The lowest BCUT2D eigenvalue weighted by molar-refractivity contribution is -0.137. The molecule has 0 bridgehead atoms. The Hall–Kier alpha value is -6.00. The van der Waals surface area contributed by atoms with E-state index in [0.29, 0.717) is 18.7 Å². The second-order valence-corrected chi connectivity index (χ2v) is 14.5. The average Bonchev–Trinajstić information content (AvgIpc) is 4.03. The zero-order chi connectivity index (χ0) is 37.2. The summed E-state index contributed by atoms with van der Waals surface area (Å²) in [6, 6.07) is 33.3. The molecule has 10 nitrogen and oxygen atoms in total. The maximum Gasteiger partial charge on any atom is 0.245 e. The molecule has 8 rings (SSSR count). The lowest BCUT2D eigenvalue weighted by Crippen LogP contribution is -2.40. The summed E-state index contributed by atoms with van der Waals surface area (Å²) in [4.78, 5) is 49.4. The van der Waals surface area contributed by atoms with Crippen LogP contribution < -0.4 is 0 Å². The van der Waals surface area contributed by atoms with E-state index in [4.69, 9.17) is 4.98 Å². The van der Waals surface area contributed by atoms with Crippen LogP contribution in [0.2, 0.25) is 0 Å². The molecule has 0 unspecified atom stereocenters. The number of hydrogen-bond donors (Lipinski definition) is 3. The fourth-order valence-electron chi connectivity index (χ4n) is 8.03. The number of aromatic hydroxyl groups is 1. The Labute approximate surface area is 315 Å². The van der Waals surface area contributed by atoms with E-state index >= 15 is 0 Å². The molecule has 0 radical (unpaired) electrons. The number of aromatic nitrogens is 4. The third-order valence-corrected chi connectivity index (χ3v) is 10.9. The summed E-state index contributed by atoms with van der Waals surface area (Å²) >= 11 is 0. The first kappa shape index (κ1) is 35.1. The molecule has 2 saturated heterocycles. The van der Waals surface area contributed by atoms with E-state index in [1.807, 2.05) is 77.6 Å². The summed E-state index contributed by atoms with van der Waals surface area (Å²) < 4.78 is 0. The highest BCUT2D eigenvalue weighted by molar-refractivity contribution is 5.84. The van der Waals surface area contributed by atoms with Gasteiger partial charge >= 0.3 is 0 Å². The first-order valence-corrected chi connectivity index (χ1v) is 18.7. The minimum atomic E-state index is -0.345. The molecule has 54 heavy (non-hydrogen) atoms. The molecule has 0 saturated carbocycles. The molecule has 6 aromatic rings. The third-order valence-electron chi connectivity index (χ3n) is 10.9. The molecule has 0 aliphatic carbocycles. The molecule has 3 atom stereocenters. The van der Waals surface area contributed by atoms with Gasteiger partial charge in [-0.1, -0.05) is 97.1 Å². The van der Waals surface area contributed by atoms with E-state index in [-0.39, 0.29) is 42.1 Å². The number of amides is 2. The molecule has 4 heterocycles. The van der Waals surface area contributed by atoms with Crippen molar-refractivity contribution in [1.82, 2.24) is 34.6 Å². The highest BCUT2D eigenvalue weighted by atomic mass is 16.3. The number of rotatable bonds is 10. The zero-order valence-electron chi connectivity index (χ0n) is 30.7. The summed E-state index contributed by atoms with van der Waals surface area (Å²) in [6.07, 6.45) is 7.45. The lowest BCUT2D eigenvalue weighted by atomic mass is 10.0. The fraction of sp³-hybridized carbons (Fsp3) is 0.273. The first-order chi connectivity index (χ1) is 26.3. The number of aromatic amines is 2. The number of phenolic OH excluding ortho intramolecular Hbond substituents is 1. The minimum absolute atomic E-state index is 0.00919. The summed E-state index contributed by atoms with van der Waals surface area (Å²) in [5.41, 5.74) is 7.71. The van der Waals surface area contributed by atoms with Gasteiger partial charge in [-0.15, -0.1) is 0 Å². The smallest absolute Gasteiger partial charge is 0.245 e. The van der Waals surface area contributed by atoms with E-state index in [9.17, 15) is 14.7 Å². The Bertz CT molecular complexity index is 2230. The van der Waals surface area contributed by atoms with Crippen molar-refractivity contribution in [3.63, 3.8) is 0 Å². The molecule has 10 heteroatoms. The molecule has 274 valence electrons. The molecule has 2 aromatic heterocycles. The van der Waals surface area contributed by atoms with Crippen molar-refractivity contribution < 1.29 is 14.7 Å². The Morgan fingerprint density at radius 2 is 1.20 bits per heavy atom. The maximum absolute atomic E-state index is 13.9. The predicted octanol–water partition coefficient (Wildman–Crippen LogP) is 7.71. The van der Waals surface area contributed by atoms with Crippen LogP contribution in [0.1, 0.15) is 66.6 Å². The Balaban J connectivity index is 0.921. The summed E-state index contributed by atoms with van der Waals surface area (Å²) in [7, 11) is 3.91. The van der Waals surface area contributed by atoms with Crippen LogP contribution in [0.25, 0.3) is 33.6 Å². The highest BCUT2D eigenvalue weighted by Gasteiger charge is 2.37. The van der Waals surface area contributed by atoms with Crippen LogP contribution in [0.3, 0.4) is 0 Å². The van der Waals surface area contributed by atoms with Gasteiger partial charge < -0.3 is 24.9 Å². The van der Waals surface area contributed by atoms with Gasteiger partial charge in [0.05, 0.1) is 42.3 Å². The van der Waals surface area contributed by atoms with E-state index in [1.54, 1.807) is 18.2 Å².